The average molecular weight is 370 g/mol. The van der Waals surface area contributed by atoms with Gasteiger partial charge in [0.05, 0.1) is 17.5 Å². The number of aliphatic hydroxyl groups excluding tert-OH is 1. The highest BCUT2D eigenvalue weighted by atomic mass is 19.4. The summed E-state index contributed by atoms with van der Waals surface area (Å²) >= 11 is 0. The molecule has 0 spiro atoms. The van der Waals surface area contributed by atoms with E-state index in [1.165, 1.54) is 4.68 Å². The Labute approximate surface area is 154 Å². The van der Waals surface area contributed by atoms with Crippen molar-refractivity contribution in [1.29, 1.82) is 0 Å². The molecule has 3 nitrogen and oxygen atoms in total. The van der Waals surface area contributed by atoms with E-state index in [1.54, 1.807) is 30.3 Å². The zero-order chi connectivity index (χ0) is 19.0. The minimum Gasteiger partial charge on any atom is -0.392 e. The minimum absolute atomic E-state index is 0.0484. The van der Waals surface area contributed by atoms with Gasteiger partial charge in [-0.1, -0.05) is 48.5 Å². The Morgan fingerprint density at radius 3 is 2.22 bits per heavy atom. The van der Waals surface area contributed by atoms with E-state index in [0.29, 0.717) is 17.0 Å². The van der Waals surface area contributed by atoms with E-state index in [9.17, 15) is 18.3 Å². The molecule has 0 amide bonds. The first-order valence-electron chi connectivity index (χ1n) is 8.62. The number of para-hydroxylation sites is 1. The van der Waals surface area contributed by atoms with Crippen LogP contribution in [0.25, 0.3) is 17.3 Å². The van der Waals surface area contributed by atoms with Gasteiger partial charge in [0, 0.05) is 18.4 Å². The monoisotopic (exact) mass is 370 g/mol. The third-order valence-corrected chi connectivity index (χ3v) is 4.59. The summed E-state index contributed by atoms with van der Waals surface area (Å²) in [4.78, 5) is 0. The zero-order valence-corrected chi connectivity index (χ0v) is 14.3. The van der Waals surface area contributed by atoms with Gasteiger partial charge >= 0.3 is 6.18 Å². The smallest absolute Gasteiger partial charge is 0.392 e. The summed E-state index contributed by atoms with van der Waals surface area (Å²) in [5, 5.41) is 14.1. The van der Waals surface area contributed by atoms with Crippen molar-refractivity contribution in [2.24, 2.45) is 0 Å². The Bertz CT molecular complexity index is 976. The zero-order valence-electron chi connectivity index (χ0n) is 14.3. The fourth-order valence-corrected chi connectivity index (χ4v) is 3.49. The van der Waals surface area contributed by atoms with Crippen LogP contribution in [0, 0.1) is 0 Å². The van der Waals surface area contributed by atoms with Crippen molar-refractivity contribution in [2.75, 3.05) is 0 Å². The van der Waals surface area contributed by atoms with Gasteiger partial charge in [0.15, 0.2) is 5.69 Å². The van der Waals surface area contributed by atoms with Crippen LogP contribution in [0.1, 0.15) is 28.9 Å². The van der Waals surface area contributed by atoms with Crippen molar-refractivity contribution in [3.63, 3.8) is 0 Å². The second-order valence-corrected chi connectivity index (χ2v) is 6.56. The summed E-state index contributed by atoms with van der Waals surface area (Å²) in [6.45, 7) is 0. The number of alkyl halides is 3. The predicted molar refractivity (Wildman–Crippen MR) is 97.2 cm³/mol. The summed E-state index contributed by atoms with van der Waals surface area (Å²) in [5.74, 6) is 0. The lowest BCUT2D eigenvalue weighted by Crippen LogP contribution is -2.21. The summed E-state index contributed by atoms with van der Waals surface area (Å²) < 4.78 is 42.2. The second kappa shape index (κ2) is 6.70. The van der Waals surface area contributed by atoms with E-state index in [2.05, 4.69) is 5.10 Å². The van der Waals surface area contributed by atoms with Crippen LogP contribution in [0.5, 0.6) is 0 Å². The molecule has 1 N–H and O–H groups in total. The topological polar surface area (TPSA) is 38.1 Å². The van der Waals surface area contributed by atoms with E-state index >= 15 is 0 Å². The third-order valence-electron chi connectivity index (χ3n) is 4.59. The number of fused-ring (bicyclic) bond motifs is 1. The summed E-state index contributed by atoms with van der Waals surface area (Å²) in [5.41, 5.74) is 1.59. The first-order valence-corrected chi connectivity index (χ1v) is 8.62. The lowest BCUT2D eigenvalue weighted by Gasteiger charge is -2.23. The highest BCUT2D eigenvalue weighted by molar-refractivity contribution is 5.83. The number of aromatic nitrogens is 2. The van der Waals surface area contributed by atoms with E-state index in [0.717, 1.165) is 5.56 Å². The third kappa shape index (κ3) is 3.40. The van der Waals surface area contributed by atoms with Gasteiger partial charge < -0.3 is 5.11 Å². The van der Waals surface area contributed by atoms with Crippen LogP contribution in [-0.4, -0.2) is 21.0 Å². The molecule has 0 radical (unpaired) electrons. The van der Waals surface area contributed by atoms with Gasteiger partial charge in [-0.2, -0.15) is 18.3 Å². The molecule has 6 heteroatoms. The number of hydrogen-bond donors (Lipinski definition) is 1. The van der Waals surface area contributed by atoms with Crippen molar-refractivity contribution in [3.8, 4) is 5.69 Å². The Morgan fingerprint density at radius 2 is 1.59 bits per heavy atom. The summed E-state index contributed by atoms with van der Waals surface area (Å²) in [7, 11) is 0. The van der Waals surface area contributed by atoms with Gasteiger partial charge in [-0.25, -0.2) is 4.68 Å². The fraction of sp³-hybridized carbons (Fsp3) is 0.190. The average Bonchev–Trinajstić information content (AvgIpc) is 3.03. The van der Waals surface area contributed by atoms with Crippen molar-refractivity contribution in [3.05, 3.63) is 83.2 Å². The highest BCUT2D eigenvalue weighted by Crippen LogP contribution is 2.41. The number of aliphatic hydroxyl groups is 1. The molecule has 1 aliphatic carbocycles. The molecule has 1 unspecified atom stereocenters. The molecule has 1 aromatic heterocycles. The normalized spacial score (nSPS) is 18.5. The number of rotatable bonds is 2. The van der Waals surface area contributed by atoms with E-state index < -0.39 is 18.0 Å². The Morgan fingerprint density at radius 1 is 0.963 bits per heavy atom. The minimum atomic E-state index is -4.58. The maximum atomic E-state index is 13.6. The molecule has 0 saturated heterocycles. The molecule has 0 aliphatic heterocycles. The lowest BCUT2D eigenvalue weighted by atomic mass is 9.87. The molecule has 1 aliphatic rings. The fourth-order valence-electron chi connectivity index (χ4n) is 3.49. The molecule has 1 heterocycles. The standard InChI is InChI=1S/C21H17F3N2O/c22-21(23,24)20-18-13-17(27)12-15(11-14-7-3-1-4-8-14)19(18)26(25-20)16-9-5-2-6-10-16/h1-11,17,27H,12-13H2/b15-11+. The molecule has 0 fully saturated rings. The van der Waals surface area contributed by atoms with E-state index in [1.807, 2.05) is 36.4 Å². The van der Waals surface area contributed by atoms with Crippen molar-refractivity contribution < 1.29 is 18.3 Å². The van der Waals surface area contributed by atoms with Crippen LogP contribution in [-0.2, 0) is 12.6 Å². The van der Waals surface area contributed by atoms with Crippen LogP contribution in [0.15, 0.2) is 60.7 Å². The van der Waals surface area contributed by atoms with Gasteiger partial charge in [-0.05, 0) is 29.3 Å². The number of halogens is 3. The second-order valence-electron chi connectivity index (χ2n) is 6.56. The molecule has 1 atom stereocenters. The van der Waals surface area contributed by atoms with Gasteiger partial charge in [-0.3, -0.25) is 0 Å². The number of benzene rings is 2. The molecule has 138 valence electrons. The van der Waals surface area contributed by atoms with Crippen molar-refractivity contribution >= 4 is 11.6 Å². The van der Waals surface area contributed by atoms with E-state index in [-0.39, 0.29) is 18.4 Å². The van der Waals surface area contributed by atoms with E-state index in [4.69, 9.17) is 0 Å². The molecule has 4 rings (SSSR count). The van der Waals surface area contributed by atoms with Crippen LogP contribution in [0.2, 0.25) is 0 Å². The Hall–Kier alpha value is -2.86. The van der Waals surface area contributed by atoms with Gasteiger partial charge in [0.2, 0.25) is 0 Å². The maximum Gasteiger partial charge on any atom is 0.435 e. The van der Waals surface area contributed by atoms with Gasteiger partial charge in [-0.15, -0.1) is 0 Å². The van der Waals surface area contributed by atoms with Gasteiger partial charge in [0.25, 0.3) is 0 Å². The molecule has 2 aromatic carbocycles. The maximum absolute atomic E-state index is 13.6. The van der Waals surface area contributed by atoms with Crippen LogP contribution >= 0.6 is 0 Å². The summed E-state index contributed by atoms with van der Waals surface area (Å²) in [6, 6.07) is 18.1. The first kappa shape index (κ1) is 17.5. The number of nitrogens with zero attached hydrogens (tertiary/aromatic N) is 2. The molecular weight excluding hydrogens is 353 g/mol. The van der Waals surface area contributed by atoms with Gasteiger partial charge in [0.1, 0.15) is 0 Å². The first-order chi connectivity index (χ1) is 12.9. The lowest BCUT2D eigenvalue weighted by molar-refractivity contribution is -0.142. The molecule has 27 heavy (non-hydrogen) atoms. The number of hydrogen-bond acceptors (Lipinski definition) is 2. The molecule has 0 bridgehead atoms. The SMILES string of the molecule is OC1C/C(=C\c2ccccc2)c2c(c(C(F)(F)F)nn2-c2ccccc2)C1. The quantitative estimate of drug-likeness (QED) is 0.708. The van der Waals surface area contributed by atoms with Crippen molar-refractivity contribution in [2.45, 2.75) is 25.1 Å². The van der Waals surface area contributed by atoms with Crippen LogP contribution < -0.4 is 0 Å². The molecule has 0 saturated carbocycles. The highest BCUT2D eigenvalue weighted by Gasteiger charge is 2.42. The largest absolute Gasteiger partial charge is 0.435 e. The molecular formula is C21H17F3N2O. The Balaban J connectivity index is 1.97. The van der Waals surface area contributed by atoms with Crippen molar-refractivity contribution in [1.82, 2.24) is 9.78 Å². The summed E-state index contributed by atoms with van der Waals surface area (Å²) in [6.07, 6.45) is -3.43. The Kier molecular flexibility index (Phi) is 4.36. The predicted octanol–water partition coefficient (Wildman–Crippen LogP) is 4.74. The van der Waals surface area contributed by atoms with Crippen LogP contribution in [0.3, 0.4) is 0 Å². The van der Waals surface area contributed by atoms with Crippen LogP contribution in [0.4, 0.5) is 13.2 Å². The molecule has 3 aromatic rings.